The Balaban J connectivity index is 3.48. The van der Waals surface area contributed by atoms with E-state index < -0.39 is 0 Å². The molecule has 0 N–H and O–H groups in total. The molecule has 0 aliphatic heterocycles. The van der Waals surface area contributed by atoms with Crippen LogP contribution in [0, 0.1) is 12.3 Å². The highest BCUT2D eigenvalue weighted by atomic mass is 16.5. The zero-order valence-corrected chi connectivity index (χ0v) is 6.40. The zero-order valence-electron chi connectivity index (χ0n) is 6.40. The van der Waals surface area contributed by atoms with Gasteiger partial charge in [0.05, 0.1) is 5.60 Å². The molecule has 0 saturated carbocycles. The van der Waals surface area contributed by atoms with Crippen molar-refractivity contribution in [2.45, 2.75) is 32.3 Å². The molecule has 0 heterocycles. The van der Waals surface area contributed by atoms with Crippen LogP contribution in [-0.4, -0.2) is 12.7 Å². The molecule has 0 bridgehead atoms. The van der Waals surface area contributed by atoms with Crippen molar-refractivity contribution < 1.29 is 4.74 Å². The maximum Gasteiger partial charge on any atom is 0.0631 e. The lowest BCUT2D eigenvalue weighted by molar-refractivity contribution is 0.0168. The van der Waals surface area contributed by atoms with Crippen LogP contribution in [0.25, 0.3) is 0 Å². The normalized spacial score (nSPS) is 10.9. The summed E-state index contributed by atoms with van der Waals surface area (Å²) in [4.78, 5) is 0. The van der Waals surface area contributed by atoms with Crippen molar-refractivity contribution in [3.8, 4) is 12.3 Å². The molecular weight excluding hydrogens is 112 g/mol. The Morgan fingerprint density at radius 1 is 1.56 bits per heavy atom. The maximum absolute atomic E-state index is 5.14. The molecule has 0 radical (unpaired) electrons. The van der Waals surface area contributed by atoms with E-state index in [1.807, 2.05) is 13.8 Å². The van der Waals surface area contributed by atoms with Gasteiger partial charge in [0.1, 0.15) is 0 Å². The molecular formula is C8H14O. The molecule has 52 valence electrons. The van der Waals surface area contributed by atoms with Gasteiger partial charge >= 0.3 is 0 Å². The highest BCUT2D eigenvalue weighted by molar-refractivity contribution is 4.86. The van der Waals surface area contributed by atoms with Gasteiger partial charge in [-0.2, -0.15) is 0 Å². The van der Waals surface area contributed by atoms with Crippen LogP contribution in [0.1, 0.15) is 26.7 Å². The largest absolute Gasteiger partial charge is 0.379 e. The Morgan fingerprint density at radius 3 is 2.44 bits per heavy atom. The fourth-order valence-electron chi connectivity index (χ4n) is 0.475. The van der Waals surface area contributed by atoms with E-state index in [0.717, 1.165) is 12.8 Å². The van der Waals surface area contributed by atoms with Crippen molar-refractivity contribution in [1.29, 1.82) is 0 Å². The minimum absolute atomic E-state index is 0.0492. The van der Waals surface area contributed by atoms with Crippen molar-refractivity contribution in [3.63, 3.8) is 0 Å². The molecule has 0 rings (SSSR count). The summed E-state index contributed by atoms with van der Waals surface area (Å²) >= 11 is 0. The summed E-state index contributed by atoms with van der Waals surface area (Å²) in [5, 5.41) is 0. The second-order valence-corrected chi connectivity index (χ2v) is 2.67. The molecule has 0 aliphatic rings. The Bertz CT molecular complexity index is 108. The fraction of sp³-hybridized carbons (Fsp3) is 0.750. The summed E-state index contributed by atoms with van der Waals surface area (Å²) in [6, 6.07) is 0. The Morgan fingerprint density at radius 2 is 2.11 bits per heavy atom. The zero-order chi connectivity index (χ0) is 7.33. The first-order valence-electron chi connectivity index (χ1n) is 3.11. The molecule has 0 aromatic heterocycles. The van der Waals surface area contributed by atoms with Crippen LogP contribution in [0.3, 0.4) is 0 Å². The molecule has 0 atom stereocenters. The number of methoxy groups -OCH3 is 1. The van der Waals surface area contributed by atoms with E-state index in [1.165, 1.54) is 0 Å². The number of hydrogen-bond donors (Lipinski definition) is 0. The molecule has 0 amide bonds. The molecule has 0 fully saturated rings. The second kappa shape index (κ2) is 3.53. The van der Waals surface area contributed by atoms with Gasteiger partial charge in [0.2, 0.25) is 0 Å². The number of hydrogen-bond acceptors (Lipinski definition) is 1. The molecule has 1 heteroatoms. The lowest BCUT2D eigenvalue weighted by Crippen LogP contribution is -2.21. The number of ether oxygens (including phenoxy) is 1. The first-order chi connectivity index (χ1) is 4.12. The van der Waals surface area contributed by atoms with Gasteiger partial charge in [-0.3, -0.25) is 0 Å². The van der Waals surface area contributed by atoms with E-state index in [0.29, 0.717) is 0 Å². The van der Waals surface area contributed by atoms with Crippen LogP contribution >= 0.6 is 0 Å². The van der Waals surface area contributed by atoms with Gasteiger partial charge < -0.3 is 4.74 Å². The van der Waals surface area contributed by atoms with Crippen LogP contribution in [0.5, 0.6) is 0 Å². The van der Waals surface area contributed by atoms with Crippen LogP contribution in [0.4, 0.5) is 0 Å². The average molecular weight is 126 g/mol. The molecule has 0 aromatic rings. The van der Waals surface area contributed by atoms with E-state index in [1.54, 1.807) is 7.11 Å². The average Bonchev–Trinajstić information content (AvgIpc) is 1.84. The molecule has 0 unspecified atom stereocenters. The number of terminal acetylenes is 1. The van der Waals surface area contributed by atoms with Crippen LogP contribution < -0.4 is 0 Å². The lowest BCUT2D eigenvalue weighted by Gasteiger charge is -2.20. The molecule has 9 heavy (non-hydrogen) atoms. The van der Waals surface area contributed by atoms with Gasteiger partial charge in [0, 0.05) is 13.5 Å². The van der Waals surface area contributed by atoms with Crippen molar-refractivity contribution in [2.24, 2.45) is 0 Å². The SMILES string of the molecule is C#CCCC(C)(C)OC. The van der Waals surface area contributed by atoms with Gasteiger partial charge in [0.15, 0.2) is 0 Å². The van der Waals surface area contributed by atoms with Gasteiger partial charge in [0.25, 0.3) is 0 Å². The highest BCUT2D eigenvalue weighted by Crippen LogP contribution is 2.13. The van der Waals surface area contributed by atoms with E-state index in [2.05, 4.69) is 5.92 Å². The monoisotopic (exact) mass is 126 g/mol. The maximum atomic E-state index is 5.14. The smallest absolute Gasteiger partial charge is 0.0631 e. The van der Waals surface area contributed by atoms with Gasteiger partial charge in [-0.25, -0.2) is 0 Å². The summed E-state index contributed by atoms with van der Waals surface area (Å²) < 4.78 is 5.14. The quantitative estimate of drug-likeness (QED) is 0.524. The van der Waals surface area contributed by atoms with Crippen molar-refractivity contribution in [2.75, 3.05) is 7.11 Å². The summed E-state index contributed by atoms with van der Waals surface area (Å²) in [5.41, 5.74) is -0.0492. The minimum atomic E-state index is -0.0492. The first-order valence-corrected chi connectivity index (χ1v) is 3.11. The third-order valence-electron chi connectivity index (χ3n) is 1.42. The summed E-state index contributed by atoms with van der Waals surface area (Å²) in [6.07, 6.45) is 6.81. The van der Waals surface area contributed by atoms with Crippen molar-refractivity contribution in [1.82, 2.24) is 0 Å². The Hall–Kier alpha value is -0.480. The lowest BCUT2D eigenvalue weighted by atomic mass is 10.0. The third kappa shape index (κ3) is 4.05. The van der Waals surface area contributed by atoms with E-state index in [9.17, 15) is 0 Å². The van der Waals surface area contributed by atoms with Gasteiger partial charge in [-0.1, -0.05) is 0 Å². The standard InChI is InChI=1S/C8H14O/c1-5-6-7-8(2,3)9-4/h1H,6-7H2,2-4H3. The molecule has 0 spiro atoms. The fourth-order valence-corrected chi connectivity index (χ4v) is 0.475. The van der Waals surface area contributed by atoms with E-state index in [4.69, 9.17) is 11.2 Å². The molecule has 1 nitrogen and oxygen atoms in total. The Labute approximate surface area is 57.4 Å². The van der Waals surface area contributed by atoms with Crippen LogP contribution in [0.15, 0.2) is 0 Å². The third-order valence-corrected chi connectivity index (χ3v) is 1.42. The minimum Gasteiger partial charge on any atom is -0.379 e. The van der Waals surface area contributed by atoms with Crippen molar-refractivity contribution >= 4 is 0 Å². The molecule has 0 aliphatic carbocycles. The summed E-state index contributed by atoms with van der Waals surface area (Å²) in [7, 11) is 1.70. The topological polar surface area (TPSA) is 9.23 Å². The summed E-state index contributed by atoms with van der Waals surface area (Å²) in [5.74, 6) is 2.58. The van der Waals surface area contributed by atoms with Gasteiger partial charge in [-0.05, 0) is 20.3 Å². The van der Waals surface area contributed by atoms with Gasteiger partial charge in [-0.15, -0.1) is 12.3 Å². The predicted octanol–water partition coefficient (Wildman–Crippen LogP) is 1.82. The second-order valence-electron chi connectivity index (χ2n) is 2.67. The van der Waals surface area contributed by atoms with Crippen LogP contribution in [0.2, 0.25) is 0 Å². The molecule has 0 saturated heterocycles. The summed E-state index contributed by atoms with van der Waals surface area (Å²) in [6.45, 7) is 4.06. The van der Waals surface area contributed by atoms with Crippen LogP contribution in [-0.2, 0) is 4.74 Å². The predicted molar refractivity (Wildman–Crippen MR) is 39.2 cm³/mol. The van der Waals surface area contributed by atoms with Crippen molar-refractivity contribution in [3.05, 3.63) is 0 Å². The highest BCUT2D eigenvalue weighted by Gasteiger charge is 2.13. The number of rotatable bonds is 3. The first kappa shape index (κ1) is 8.52. The molecule has 0 aromatic carbocycles. The van der Waals surface area contributed by atoms with E-state index >= 15 is 0 Å². The van der Waals surface area contributed by atoms with E-state index in [-0.39, 0.29) is 5.60 Å². The Kier molecular flexibility index (Phi) is 3.34.